The van der Waals surface area contributed by atoms with Crippen LogP contribution >= 0.6 is 0 Å². The van der Waals surface area contributed by atoms with Gasteiger partial charge in [-0.05, 0) is 43.4 Å². The summed E-state index contributed by atoms with van der Waals surface area (Å²) in [5, 5.41) is 0. The fourth-order valence-corrected chi connectivity index (χ4v) is 3.24. The number of hydrogen-bond donors (Lipinski definition) is 0. The molecule has 0 aromatic heterocycles. The molecule has 1 aromatic carbocycles. The van der Waals surface area contributed by atoms with Gasteiger partial charge in [-0.3, -0.25) is 4.79 Å². The number of ether oxygens (including phenoxy) is 2. The van der Waals surface area contributed by atoms with Gasteiger partial charge in [0, 0.05) is 12.3 Å². The van der Waals surface area contributed by atoms with Crippen LogP contribution in [0.3, 0.4) is 0 Å². The maximum absolute atomic E-state index is 12.0. The van der Waals surface area contributed by atoms with E-state index in [0.717, 1.165) is 44.3 Å². The first-order valence-corrected chi connectivity index (χ1v) is 8.58. The number of benzene rings is 1. The van der Waals surface area contributed by atoms with Crippen LogP contribution in [0.25, 0.3) is 0 Å². The van der Waals surface area contributed by atoms with E-state index in [1.165, 1.54) is 12.0 Å². The molecule has 122 valence electrons. The monoisotopic (exact) mass is 304 g/mol. The van der Waals surface area contributed by atoms with Crippen molar-refractivity contribution in [1.29, 1.82) is 0 Å². The van der Waals surface area contributed by atoms with Crippen LogP contribution in [0, 0.1) is 0 Å². The molecule has 2 atom stereocenters. The van der Waals surface area contributed by atoms with E-state index in [1.807, 2.05) is 12.1 Å². The van der Waals surface area contributed by atoms with Gasteiger partial charge < -0.3 is 9.47 Å². The summed E-state index contributed by atoms with van der Waals surface area (Å²) in [6, 6.07) is 8.17. The van der Waals surface area contributed by atoms with Crippen molar-refractivity contribution in [2.24, 2.45) is 0 Å². The molecule has 0 radical (unpaired) electrons. The van der Waals surface area contributed by atoms with Gasteiger partial charge in [0.1, 0.15) is 11.9 Å². The standard InChI is InChI=1S/C19H28O3/c1-3-4-5-13-19(20)22-18-12-7-6-11-17(18)15-9-8-10-16(14-15)21-2/h8-10,14,17-18H,3-7,11-13H2,1-2H3. The fourth-order valence-electron chi connectivity index (χ4n) is 3.24. The van der Waals surface area contributed by atoms with Gasteiger partial charge in [0.05, 0.1) is 7.11 Å². The minimum absolute atomic E-state index is 0.0231. The Morgan fingerprint density at radius 2 is 2.05 bits per heavy atom. The molecule has 0 N–H and O–H groups in total. The lowest BCUT2D eigenvalue weighted by atomic mass is 9.81. The lowest BCUT2D eigenvalue weighted by Gasteiger charge is -2.31. The number of unbranched alkanes of at least 4 members (excludes halogenated alkanes) is 2. The van der Waals surface area contributed by atoms with Crippen molar-refractivity contribution in [2.45, 2.75) is 70.3 Å². The molecule has 1 saturated carbocycles. The average Bonchev–Trinajstić information content (AvgIpc) is 2.55. The zero-order valence-electron chi connectivity index (χ0n) is 13.8. The third-order valence-corrected chi connectivity index (χ3v) is 4.49. The molecule has 2 unspecified atom stereocenters. The van der Waals surface area contributed by atoms with Crippen molar-refractivity contribution in [3.8, 4) is 5.75 Å². The Balaban J connectivity index is 1.99. The molecule has 0 amide bonds. The maximum atomic E-state index is 12.0. The van der Waals surface area contributed by atoms with Crippen LogP contribution in [0.2, 0.25) is 0 Å². The molecule has 3 heteroatoms. The second-order valence-electron chi connectivity index (χ2n) is 6.15. The highest BCUT2D eigenvalue weighted by Gasteiger charge is 2.29. The molecule has 3 nitrogen and oxygen atoms in total. The van der Waals surface area contributed by atoms with Gasteiger partial charge in [0.2, 0.25) is 0 Å². The molecule has 2 rings (SSSR count). The average molecular weight is 304 g/mol. The Morgan fingerprint density at radius 1 is 1.23 bits per heavy atom. The van der Waals surface area contributed by atoms with Crippen molar-refractivity contribution in [1.82, 2.24) is 0 Å². The van der Waals surface area contributed by atoms with E-state index in [-0.39, 0.29) is 12.1 Å². The lowest BCUT2D eigenvalue weighted by Crippen LogP contribution is -2.28. The molecule has 0 saturated heterocycles. The molecule has 0 heterocycles. The summed E-state index contributed by atoms with van der Waals surface area (Å²) < 4.78 is 11.1. The molecule has 1 aliphatic carbocycles. The number of esters is 1. The molecule has 0 spiro atoms. The van der Waals surface area contributed by atoms with Crippen molar-refractivity contribution < 1.29 is 14.3 Å². The predicted octanol–water partition coefficient (Wildman–Crippen LogP) is 4.84. The molecule has 0 aliphatic heterocycles. The number of carbonyl (C=O) groups is 1. The maximum Gasteiger partial charge on any atom is 0.306 e. The second kappa shape index (κ2) is 8.82. The lowest BCUT2D eigenvalue weighted by molar-refractivity contribution is -0.151. The third kappa shape index (κ3) is 4.75. The topological polar surface area (TPSA) is 35.5 Å². The van der Waals surface area contributed by atoms with E-state index in [1.54, 1.807) is 7.11 Å². The van der Waals surface area contributed by atoms with E-state index in [0.29, 0.717) is 12.3 Å². The quantitative estimate of drug-likeness (QED) is 0.534. The largest absolute Gasteiger partial charge is 0.497 e. The van der Waals surface area contributed by atoms with Crippen LogP contribution in [0.15, 0.2) is 24.3 Å². The Hall–Kier alpha value is -1.51. The third-order valence-electron chi connectivity index (χ3n) is 4.49. The Bertz CT molecular complexity index is 470. The molecular formula is C19H28O3. The first-order chi connectivity index (χ1) is 10.7. The fraction of sp³-hybridized carbons (Fsp3) is 0.632. The van der Waals surface area contributed by atoms with E-state index in [4.69, 9.17) is 9.47 Å². The van der Waals surface area contributed by atoms with Crippen molar-refractivity contribution in [2.75, 3.05) is 7.11 Å². The van der Waals surface area contributed by atoms with E-state index >= 15 is 0 Å². The van der Waals surface area contributed by atoms with Crippen LogP contribution in [0.1, 0.15) is 69.8 Å². The summed E-state index contributed by atoms with van der Waals surface area (Å²) in [6.07, 6.45) is 8.14. The normalized spacial score (nSPS) is 21.4. The summed E-state index contributed by atoms with van der Waals surface area (Å²) in [7, 11) is 1.69. The Morgan fingerprint density at radius 3 is 2.82 bits per heavy atom. The molecule has 0 bridgehead atoms. The minimum atomic E-state index is -0.0340. The van der Waals surface area contributed by atoms with Gasteiger partial charge in [-0.25, -0.2) is 0 Å². The summed E-state index contributed by atoms with van der Waals surface area (Å²) in [6.45, 7) is 2.14. The number of hydrogen-bond acceptors (Lipinski definition) is 3. The van der Waals surface area contributed by atoms with Crippen LogP contribution in [0.5, 0.6) is 5.75 Å². The minimum Gasteiger partial charge on any atom is -0.497 e. The van der Waals surface area contributed by atoms with E-state index in [9.17, 15) is 4.79 Å². The Kier molecular flexibility index (Phi) is 6.75. The zero-order valence-corrected chi connectivity index (χ0v) is 13.8. The first kappa shape index (κ1) is 16.9. The summed E-state index contributed by atoms with van der Waals surface area (Å²) >= 11 is 0. The van der Waals surface area contributed by atoms with Gasteiger partial charge in [-0.1, -0.05) is 38.3 Å². The molecule has 1 aliphatic rings. The Labute approximate surface area is 134 Å². The van der Waals surface area contributed by atoms with Gasteiger partial charge in [-0.15, -0.1) is 0 Å². The first-order valence-electron chi connectivity index (χ1n) is 8.58. The molecule has 1 aromatic rings. The zero-order chi connectivity index (χ0) is 15.8. The van der Waals surface area contributed by atoms with Gasteiger partial charge in [0.15, 0.2) is 0 Å². The van der Waals surface area contributed by atoms with Crippen molar-refractivity contribution in [3.05, 3.63) is 29.8 Å². The van der Waals surface area contributed by atoms with Gasteiger partial charge in [0.25, 0.3) is 0 Å². The molecule has 22 heavy (non-hydrogen) atoms. The smallest absolute Gasteiger partial charge is 0.306 e. The van der Waals surface area contributed by atoms with E-state index < -0.39 is 0 Å². The van der Waals surface area contributed by atoms with Crippen LogP contribution in [-0.4, -0.2) is 19.2 Å². The highest BCUT2D eigenvalue weighted by molar-refractivity contribution is 5.69. The number of methoxy groups -OCH3 is 1. The summed E-state index contributed by atoms with van der Waals surface area (Å²) in [4.78, 5) is 12.0. The number of rotatable bonds is 7. The highest BCUT2D eigenvalue weighted by atomic mass is 16.5. The van der Waals surface area contributed by atoms with Crippen molar-refractivity contribution in [3.63, 3.8) is 0 Å². The second-order valence-corrected chi connectivity index (χ2v) is 6.15. The summed E-state index contributed by atoms with van der Waals surface area (Å²) in [5.74, 6) is 1.14. The van der Waals surface area contributed by atoms with Gasteiger partial charge in [-0.2, -0.15) is 0 Å². The van der Waals surface area contributed by atoms with Crippen LogP contribution in [-0.2, 0) is 9.53 Å². The SMILES string of the molecule is CCCCCC(=O)OC1CCCCC1c1cccc(OC)c1. The van der Waals surface area contributed by atoms with Crippen LogP contribution in [0.4, 0.5) is 0 Å². The highest BCUT2D eigenvalue weighted by Crippen LogP contribution is 2.36. The number of carbonyl (C=O) groups excluding carboxylic acids is 1. The molecule has 1 fully saturated rings. The molecular weight excluding hydrogens is 276 g/mol. The van der Waals surface area contributed by atoms with Crippen molar-refractivity contribution >= 4 is 5.97 Å². The summed E-state index contributed by atoms with van der Waals surface area (Å²) in [5.41, 5.74) is 1.23. The van der Waals surface area contributed by atoms with Gasteiger partial charge >= 0.3 is 5.97 Å². The van der Waals surface area contributed by atoms with E-state index in [2.05, 4.69) is 19.1 Å². The van der Waals surface area contributed by atoms with Crippen LogP contribution < -0.4 is 4.74 Å². The predicted molar refractivity (Wildman–Crippen MR) is 88.2 cm³/mol.